The summed E-state index contributed by atoms with van der Waals surface area (Å²) in [4.78, 5) is 16.7. The number of sulfonamides is 1. The third-order valence-electron chi connectivity index (χ3n) is 4.18. The summed E-state index contributed by atoms with van der Waals surface area (Å²) in [5.74, 6) is -1.13. The van der Waals surface area contributed by atoms with Gasteiger partial charge in [0.05, 0.1) is 29.5 Å². The average molecular weight is 407 g/mol. The molecule has 0 fully saturated rings. The molecule has 7 nitrogen and oxygen atoms in total. The van der Waals surface area contributed by atoms with Crippen LogP contribution in [0.3, 0.4) is 0 Å². The second-order valence-electron chi connectivity index (χ2n) is 6.01. The number of hydrogen-bond acceptors (Lipinski definition) is 6. The van der Waals surface area contributed by atoms with Crippen LogP contribution >= 0.6 is 0 Å². The number of Topliss-reactive ketones (excluding diaryl/α,β-unsaturated/α-hetero) is 1. The first-order valence-electron chi connectivity index (χ1n) is 8.57. The Morgan fingerprint density at radius 1 is 1.07 bits per heavy atom. The molecule has 1 aromatic heterocycles. The molecule has 1 atom stereocenters. The van der Waals surface area contributed by atoms with Crippen LogP contribution in [0, 0.1) is 11.3 Å². The molecule has 0 saturated heterocycles. The molecule has 8 heteroatoms. The molecule has 0 aliphatic rings. The zero-order valence-corrected chi connectivity index (χ0v) is 16.3. The van der Waals surface area contributed by atoms with Gasteiger partial charge in [-0.15, -0.1) is 0 Å². The van der Waals surface area contributed by atoms with E-state index >= 15 is 0 Å². The number of pyridine rings is 1. The Kier molecular flexibility index (Phi) is 5.90. The lowest BCUT2D eigenvalue weighted by Gasteiger charge is -2.12. The van der Waals surface area contributed by atoms with Gasteiger partial charge in [0.2, 0.25) is 0 Å². The van der Waals surface area contributed by atoms with Crippen molar-refractivity contribution < 1.29 is 17.9 Å². The summed E-state index contributed by atoms with van der Waals surface area (Å²) in [6.45, 7) is 0. The van der Waals surface area contributed by atoms with E-state index in [0.717, 1.165) is 0 Å². The fourth-order valence-corrected chi connectivity index (χ4v) is 3.77. The van der Waals surface area contributed by atoms with Gasteiger partial charge in [-0.25, -0.2) is 8.42 Å². The number of nitrogens with one attached hydrogen (secondary N) is 1. The van der Waals surface area contributed by atoms with Crippen LogP contribution in [0.25, 0.3) is 0 Å². The molecule has 0 radical (unpaired) electrons. The molecule has 0 unspecified atom stereocenters. The molecule has 2 aromatic carbocycles. The van der Waals surface area contributed by atoms with Gasteiger partial charge in [0.15, 0.2) is 11.7 Å². The predicted octanol–water partition coefficient (Wildman–Crippen LogP) is 3.38. The third kappa shape index (κ3) is 4.42. The van der Waals surface area contributed by atoms with Crippen LogP contribution in [-0.2, 0) is 10.0 Å². The zero-order valence-electron chi connectivity index (χ0n) is 15.4. The molecule has 1 N–H and O–H groups in total. The zero-order chi connectivity index (χ0) is 20.9. The van der Waals surface area contributed by atoms with Gasteiger partial charge < -0.3 is 4.74 Å². The van der Waals surface area contributed by atoms with Gasteiger partial charge in [-0.2, -0.15) is 5.26 Å². The third-order valence-corrected chi connectivity index (χ3v) is 5.56. The Bertz CT molecular complexity index is 1150. The van der Waals surface area contributed by atoms with E-state index in [-0.39, 0.29) is 10.5 Å². The summed E-state index contributed by atoms with van der Waals surface area (Å²) >= 11 is 0. The number of hydrogen-bond donors (Lipinski definition) is 1. The molecule has 1 heterocycles. The van der Waals surface area contributed by atoms with E-state index in [0.29, 0.717) is 17.1 Å². The van der Waals surface area contributed by atoms with Crippen LogP contribution in [0.15, 0.2) is 77.8 Å². The Morgan fingerprint density at radius 3 is 2.38 bits per heavy atom. The number of ketones is 1. The first-order valence-corrected chi connectivity index (χ1v) is 10.1. The van der Waals surface area contributed by atoms with E-state index in [1.54, 1.807) is 42.5 Å². The number of para-hydroxylation sites is 2. The second kappa shape index (κ2) is 8.54. The lowest BCUT2D eigenvalue weighted by Crippen LogP contribution is -2.15. The van der Waals surface area contributed by atoms with Crippen LogP contribution in [0.1, 0.15) is 22.0 Å². The van der Waals surface area contributed by atoms with Crippen molar-refractivity contribution in [3.8, 4) is 11.8 Å². The van der Waals surface area contributed by atoms with Gasteiger partial charge in [-0.1, -0.05) is 18.2 Å². The fraction of sp³-hybridized carbons (Fsp3) is 0.0952. The molecule has 0 amide bonds. The van der Waals surface area contributed by atoms with Gasteiger partial charge in [0, 0.05) is 11.8 Å². The normalized spacial score (nSPS) is 11.9. The van der Waals surface area contributed by atoms with Crippen LogP contribution in [0.2, 0.25) is 0 Å². The largest absolute Gasteiger partial charge is 0.495 e. The van der Waals surface area contributed by atoms with Crippen LogP contribution < -0.4 is 9.46 Å². The number of anilines is 1. The molecular weight excluding hydrogens is 390 g/mol. The summed E-state index contributed by atoms with van der Waals surface area (Å²) in [7, 11) is -2.44. The Balaban J connectivity index is 1.84. The number of nitrogens with zero attached hydrogens (tertiary/aromatic N) is 2. The highest BCUT2D eigenvalue weighted by Crippen LogP contribution is 2.26. The summed E-state index contributed by atoms with van der Waals surface area (Å²) in [5, 5.41) is 9.38. The number of methoxy groups -OCH3 is 1. The summed E-state index contributed by atoms with van der Waals surface area (Å²) in [6.07, 6.45) is 1.51. The van der Waals surface area contributed by atoms with E-state index in [4.69, 9.17) is 4.74 Å². The molecule has 0 aliphatic heterocycles. The van der Waals surface area contributed by atoms with E-state index in [2.05, 4.69) is 9.71 Å². The van der Waals surface area contributed by atoms with Crippen LogP contribution in [0.4, 0.5) is 5.69 Å². The van der Waals surface area contributed by atoms with E-state index < -0.39 is 21.7 Å². The molecule has 0 aliphatic carbocycles. The van der Waals surface area contributed by atoms with Crippen molar-refractivity contribution in [2.45, 2.75) is 10.8 Å². The lowest BCUT2D eigenvalue weighted by molar-refractivity contribution is 0.0977. The molecule has 3 aromatic rings. The minimum absolute atomic E-state index is 0.0219. The lowest BCUT2D eigenvalue weighted by atomic mass is 9.95. The van der Waals surface area contributed by atoms with Gasteiger partial charge in [0.25, 0.3) is 10.0 Å². The first-order chi connectivity index (χ1) is 14.0. The minimum Gasteiger partial charge on any atom is -0.495 e. The number of benzene rings is 2. The Morgan fingerprint density at radius 2 is 1.76 bits per heavy atom. The molecule has 0 bridgehead atoms. The number of aromatic nitrogens is 1. The number of rotatable bonds is 7. The maximum Gasteiger partial charge on any atom is 0.262 e. The quantitative estimate of drug-likeness (QED) is 0.601. The molecule has 146 valence electrons. The summed E-state index contributed by atoms with van der Waals surface area (Å²) in [5.41, 5.74) is 0.864. The van der Waals surface area contributed by atoms with Gasteiger partial charge in [-0.3, -0.25) is 14.5 Å². The van der Waals surface area contributed by atoms with E-state index in [1.807, 2.05) is 6.07 Å². The van der Waals surface area contributed by atoms with E-state index in [1.165, 1.54) is 37.6 Å². The Hall–Kier alpha value is -3.70. The summed E-state index contributed by atoms with van der Waals surface area (Å²) < 4.78 is 32.9. The highest BCUT2D eigenvalue weighted by molar-refractivity contribution is 7.92. The van der Waals surface area contributed by atoms with Gasteiger partial charge in [0.1, 0.15) is 5.75 Å². The number of nitriles is 1. The van der Waals surface area contributed by atoms with Crippen molar-refractivity contribution >= 4 is 21.5 Å². The first kappa shape index (κ1) is 20.0. The standard InChI is InChI=1S/C21H17N3O4S/c1-28-20-8-3-2-7-19(20)24-29(26,27)16-11-9-15(10-12-16)21(25)17(14-22)18-6-4-5-13-23-18/h2-13,17,24H,1H3/t17-/m1/s1. The Labute approximate surface area is 168 Å². The smallest absolute Gasteiger partial charge is 0.262 e. The number of ether oxygens (including phenoxy) is 1. The summed E-state index contributed by atoms with van der Waals surface area (Å²) in [6, 6.07) is 19.0. The fourth-order valence-electron chi connectivity index (χ4n) is 2.70. The highest BCUT2D eigenvalue weighted by Gasteiger charge is 2.24. The number of carbonyl (C=O) groups excluding carboxylic acids is 1. The minimum atomic E-state index is -3.89. The van der Waals surface area contributed by atoms with Gasteiger partial charge >= 0.3 is 0 Å². The predicted molar refractivity (Wildman–Crippen MR) is 107 cm³/mol. The van der Waals surface area contributed by atoms with Crippen molar-refractivity contribution in [1.29, 1.82) is 5.26 Å². The molecule has 29 heavy (non-hydrogen) atoms. The highest BCUT2D eigenvalue weighted by atomic mass is 32.2. The maximum absolute atomic E-state index is 12.7. The van der Waals surface area contributed by atoms with Crippen molar-refractivity contribution in [3.63, 3.8) is 0 Å². The van der Waals surface area contributed by atoms with Crippen LogP contribution in [0.5, 0.6) is 5.75 Å². The molecule has 0 spiro atoms. The van der Waals surface area contributed by atoms with Crippen LogP contribution in [-0.4, -0.2) is 26.3 Å². The van der Waals surface area contributed by atoms with E-state index in [9.17, 15) is 18.5 Å². The average Bonchev–Trinajstić information content (AvgIpc) is 2.75. The van der Waals surface area contributed by atoms with Gasteiger partial charge in [-0.05, 0) is 48.5 Å². The molecular formula is C21H17N3O4S. The molecule has 3 rings (SSSR count). The van der Waals surface area contributed by atoms with Crippen molar-refractivity contribution in [3.05, 3.63) is 84.2 Å². The molecule has 0 saturated carbocycles. The maximum atomic E-state index is 12.7. The van der Waals surface area contributed by atoms with Crippen molar-refractivity contribution in [1.82, 2.24) is 4.98 Å². The van der Waals surface area contributed by atoms with Crippen molar-refractivity contribution in [2.75, 3.05) is 11.8 Å². The SMILES string of the molecule is COc1ccccc1NS(=O)(=O)c1ccc(C(=O)[C@H](C#N)c2ccccn2)cc1. The number of carbonyl (C=O) groups is 1. The van der Waals surface area contributed by atoms with Crippen molar-refractivity contribution in [2.24, 2.45) is 0 Å². The monoisotopic (exact) mass is 407 g/mol. The topological polar surface area (TPSA) is 109 Å². The second-order valence-corrected chi connectivity index (χ2v) is 7.69.